The van der Waals surface area contributed by atoms with Crippen molar-refractivity contribution in [2.45, 2.75) is 97.2 Å². The predicted octanol–water partition coefficient (Wildman–Crippen LogP) is 4.23. The molecule has 1 aromatic carbocycles. The molecule has 1 aliphatic heterocycles. The minimum absolute atomic E-state index is 0.133. The van der Waals surface area contributed by atoms with Crippen molar-refractivity contribution < 1.29 is 15.0 Å². The first-order valence-corrected chi connectivity index (χ1v) is 14.7. The van der Waals surface area contributed by atoms with E-state index in [2.05, 4.69) is 35.7 Å². The molecule has 10 atom stereocenters. The second kappa shape index (κ2) is 9.37. The molecule has 5 aliphatic rings. The molecule has 6 nitrogen and oxygen atoms in total. The standard InChI is InChI=1S/C31H43N3O3/c1-18(8-11-27(37)34-29-32-24-6-4-5-7-25(24)33-29)21-9-10-22-28-23(13-15-31(21,22)3)30(2)14-12-20(35)16-19(30)17-26(28)36/h4-7,18-23,26,28,35-36H,8-17H2,1-3H3. The van der Waals surface area contributed by atoms with E-state index in [-0.39, 0.29) is 34.9 Å². The van der Waals surface area contributed by atoms with Crippen molar-refractivity contribution in [2.24, 2.45) is 61.3 Å². The zero-order valence-corrected chi connectivity index (χ0v) is 22.6. The zero-order valence-electron chi connectivity index (χ0n) is 22.6. The van der Waals surface area contributed by atoms with E-state index in [1.165, 1.54) is 25.7 Å². The molecule has 2 N–H and O–H groups in total. The van der Waals surface area contributed by atoms with Crippen LogP contribution in [0, 0.1) is 46.3 Å². The number of guanidine groups is 1. The zero-order chi connectivity index (χ0) is 25.9. The molecular formula is C31H43N3O3. The van der Waals surface area contributed by atoms with Crippen molar-refractivity contribution in [1.29, 1.82) is 0 Å². The largest absolute Gasteiger partial charge is 0.393 e. The molecule has 37 heavy (non-hydrogen) atoms. The molecule has 0 saturated heterocycles. The van der Waals surface area contributed by atoms with E-state index in [1.807, 2.05) is 24.3 Å². The number of para-hydroxylation sites is 2. The topological polar surface area (TPSA) is 94.6 Å². The highest BCUT2D eigenvalue weighted by Crippen LogP contribution is 2.68. The molecule has 6 rings (SSSR count). The van der Waals surface area contributed by atoms with Crippen LogP contribution in [0.2, 0.25) is 0 Å². The molecule has 0 spiro atoms. The normalized spacial score (nSPS) is 42.9. The van der Waals surface area contributed by atoms with Gasteiger partial charge < -0.3 is 10.2 Å². The number of benzene rings is 1. The molecule has 200 valence electrons. The number of aliphatic hydroxyl groups is 2. The average Bonchev–Trinajstić information content (AvgIpc) is 3.43. The number of carbonyl (C=O) groups excluding carboxylic acids is 1. The Bertz CT molecular complexity index is 1180. The van der Waals surface area contributed by atoms with Crippen LogP contribution in [0.1, 0.15) is 85.0 Å². The molecule has 0 aromatic heterocycles. The number of hydrogen-bond acceptors (Lipinski definition) is 3. The molecule has 1 aromatic rings. The third-order valence-corrected chi connectivity index (χ3v) is 11.8. The number of carbonyl (C=O) groups is 1. The molecule has 1 amide bonds. The van der Waals surface area contributed by atoms with Crippen LogP contribution < -0.4 is 10.7 Å². The van der Waals surface area contributed by atoms with Gasteiger partial charge in [0.05, 0.1) is 22.9 Å². The number of rotatable bonds is 4. The lowest BCUT2D eigenvalue weighted by Gasteiger charge is -2.62. The van der Waals surface area contributed by atoms with Gasteiger partial charge in [-0.2, -0.15) is 4.99 Å². The van der Waals surface area contributed by atoms with E-state index in [0.717, 1.165) is 42.8 Å². The fourth-order valence-corrected chi connectivity index (χ4v) is 9.84. The van der Waals surface area contributed by atoms with Gasteiger partial charge in [0, 0.05) is 6.42 Å². The Morgan fingerprint density at radius 2 is 1.68 bits per heavy atom. The summed E-state index contributed by atoms with van der Waals surface area (Å²) in [6.45, 7) is 7.28. The molecule has 4 saturated carbocycles. The van der Waals surface area contributed by atoms with Crippen LogP contribution in [-0.2, 0) is 4.79 Å². The van der Waals surface area contributed by atoms with Crippen LogP contribution in [0.4, 0.5) is 0 Å². The fourth-order valence-electron chi connectivity index (χ4n) is 9.84. The van der Waals surface area contributed by atoms with Crippen molar-refractivity contribution in [2.75, 3.05) is 0 Å². The predicted molar refractivity (Wildman–Crippen MR) is 142 cm³/mol. The van der Waals surface area contributed by atoms with Gasteiger partial charge in [0.25, 0.3) is 5.96 Å². The summed E-state index contributed by atoms with van der Waals surface area (Å²) in [5.74, 6) is 3.13. The molecular weight excluding hydrogens is 462 g/mol. The second-order valence-corrected chi connectivity index (χ2v) is 13.5. The van der Waals surface area contributed by atoms with Crippen molar-refractivity contribution in [3.63, 3.8) is 0 Å². The van der Waals surface area contributed by atoms with Crippen LogP contribution in [-0.4, -0.2) is 34.3 Å². The number of aliphatic hydroxyl groups excluding tert-OH is 2. The van der Waals surface area contributed by atoms with E-state index in [4.69, 9.17) is 0 Å². The highest BCUT2D eigenvalue weighted by molar-refractivity contribution is 5.94. The second-order valence-electron chi connectivity index (χ2n) is 13.5. The number of amides is 1. The lowest BCUT2D eigenvalue weighted by atomic mass is 9.43. The van der Waals surface area contributed by atoms with E-state index < -0.39 is 0 Å². The molecule has 1 heterocycles. The summed E-state index contributed by atoms with van der Waals surface area (Å²) in [5.41, 5.74) is 0.487. The van der Waals surface area contributed by atoms with Crippen molar-refractivity contribution >= 4 is 11.9 Å². The highest BCUT2D eigenvalue weighted by atomic mass is 16.3. The molecule has 0 radical (unpaired) electrons. The number of nitrogens with zero attached hydrogens (tertiary/aromatic N) is 3. The minimum Gasteiger partial charge on any atom is -0.393 e. The van der Waals surface area contributed by atoms with Crippen LogP contribution >= 0.6 is 0 Å². The molecule has 0 bridgehead atoms. The summed E-state index contributed by atoms with van der Waals surface area (Å²) < 4.78 is 0. The number of hydrogen-bond donors (Lipinski definition) is 2. The SMILES string of the molecule is CC(CCC(=O)N=C1N=c2ccccc2=N1)C1CCC2C3C(O)CC4CC(O)CCC4(C)C3CCC12C. The van der Waals surface area contributed by atoms with Crippen LogP contribution in [0.5, 0.6) is 0 Å². The lowest BCUT2D eigenvalue weighted by Crippen LogP contribution is -2.58. The van der Waals surface area contributed by atoms with Crippen LogP contribution in [0.3, 0.4) is 0 Å². The maximum Gasteiger partial charge on any atom is 0.253 e. The Morgan fingerprint density at radius 3 is 2.41 bits per heavy atom. The first-order valence-electron chi connectivity index (χ1n) is 14.7. The molecule has 6 heteroatoms. The van der Waals surface area contributed by atoms with Gasteiger partial charge in [-0.1, -0.05) is 32.9 Å². The highest BCUT2D eigenvalue weighted by Gasteiger charge is 2.62. The number of aliphatic imine (C=N–C) groups is 1. The Hall–Kier alpha value is -1.92. The van der Waals surface area contributed by atoms with Gasteiger partial charge in [-0.05, 0) is 116 Å². The third-order valence-electron chi connectivity index (χ3n) is 11.8. The van der Waals surface area contributed by atoms with Gasteiger partial charge in [-0.15, -0.1) is 0 Å². The monoisotopic (exact) mass is 505 g/mol. The summed E-state index contributed by atoms with van der Waals surface area (Å²) in [7, 11) is 0. The smallest absolute Gasteiger partial charge is 0.253 e. The summed E-state index contributed by atoms with van der Waals surface area (Å²) in [6, 6.07) is 7.61. The van der Waals surface area contributed by atoms with Crippen molar-refractivity contribution in [3.05, 3.63) is 35.0 Å². The average molecular weight is 506 g/mol. The quantitative estimate of drug-likeness (QED) is 0.641. The fraction of sp³-hybridized carbons (Fsp3) is 0.742. The van der Waals surface area contributed by atoms with E-state index >= 15 is 0 Å². The van der Waals surface area contributed by atoms with E-state index in [0.29, 0.717) is 41.9 Å². The van der Waals surface area contributed by atoms with E-state index in [1.54, 1.807) is 0 Å². The molecule has 4 fully saturated rings. The van der Waals surface area contributed by atoms with Crippen LogP contribution in [0.25, 0.3) is 0 Å². The lowest BCUT2D eigenvalue weighted by molar-refractivity contribution is -0.174. The van der Waals surface area contributed by atoms with Gasteiger partial charge in [0.2, 0.25) is 5.91 Å². The third kappa shape index (κ3) is 4.23. The first kappa shape index (κ1) is 25.4. The van der Waals surface area contributed by atoms with Gasteiger partial charge in [0.15, 0.2) is 0 Å². The Labute approximate surface area is 220 Å². The summed E-state index contributed by atoms with van der Waals surface area (Å²) in [6.07, 6.45) is 9.37. The molecule has 4 aliphatic carbocycles. The first-order chi connectivity index (χ1) is 17.7. The Morgan fingerprint density at radius 1 is 1.00 bits per heavy atom. The Kier molecular flexibility index (Phi) is 6.42. The summed E-state index contributed by atoms with van der Waals surface area (Å²) in [4.78, 5) is 25.6. The Balaban J connectivity index is 1.12. The maximum absolute atomic E-state index is 12.7. The minimum atomic E-state index is -0.243. The van der Waals surface area contributed by atoms with Gasteiger partial charge >= 0.3 is 0 Å². The van der Waals surface area contributed by atoms with Gasteiger partial charge in [-0.25, -0.2) is 9.98 Å². The van der Waals surface area contributed by atoms with Gasteiger partial charge in [-0.3, -0.25) is 4.79 Å². The summed E-state index contributed by atoms with van der Waals surface area (Å²) in [5, 5.41) is 23.3. The van der Waals surface area contributed by atoms with E-state index in [9.17, 15) is 15.0 Å². The van der Waals surface area contributed by atoms with Crippen LogP contribution in [0.15, 0.2) is 39.2 Å². The van der Waals surface area contributed by atoms with Crippen molar-refractivity contribution in [3.8, 4) is 0 Å². The van der Waals surface area contributed by atoms with Crippen molar-refractivity contribution in [1.82, 2.24) is 0 Å². The summed E-state index contributed by atoms with van der Waals surface area (Å²) >= 11 is 0. The molecule has 10 unspecified atom stereocenters. The number of fused-ring (bicyclic) bond motifs is 6. The van der Waals surface area contributed by atoms with Gasteiger partial charge in [0.1, 0.15) is 0 Å². The maximum atomic E-state index is 12.7.